The Labute approximate surface area is 117 Å². The zero-order valence-corrected chi connectivity index (χ0v) is 11.7. The summed E-state index contributed by atoms with van der Waals surface area (Å²) >= 11 is 5.71. The van der Waals surface area contributed by atoms with Crippen molar-refractivity contribution in [1.82, 2.24) is 9.78 Å². The molecule has 6 heteroatoms. The minimum absolute atomic E-state index is 0.119. The van der Waals surface area contributed by atoms with Crippen LogP contribution in [0.2, 0.25) is 0 Å². The van der Waals surface area contributed by atoms with E-state index >= 15 is 0 Å². The van der Waals surface area contributed by atoms with Crippen LogP contribution in [0.15, 0.2) is 17.1 Å². The van der Waals surface area contributed by atoms with E-state index in [-0.39, 0.29) is 12.1 Å². The van der Waals surface area contributed by atoms with Gasteiger partial charge in [0.05, 0.1) is 24.5 Å². The predicted octanol–water partition coefficient (Wildman–Crippen LogP) is 1.61. The highest BCUT2D eigenvalue weighted by molar-refractivity contribution is 6.22. The largest absolute Gasteiger partial charge is 0.370 e. The van der Waals surface area contributed by atoms with Crippen molar-refractivity contribution < 1.29 is 0 Å². The van der Waals surface area contributed by atoms with Crippen molar-refractivity contribution >= 4 is 17.3 Å². The highest BCUT2D eigenvalue weighted by atomic mass is 35.5. The first-order chi connectivity index (χ1) is 9.10. The molecule has 0 amide bonds. The monoisotopic (exact) mass is 280 g/mol. The van der Waals surface area contributed by atoms with E-state index in [2.05, 4.69) is 16.9 Å². The van der Waals surface area contributed by atoms with Crippen molar-refractivity contribution in [2.45, 2.75) is 31.7 Å². The van der Waals surface area contributed by atoms with Crippen LogP contribution >= 0.6 is 11.6 Å². The number of anilines is 1. The van der Waals surface area contributed by atoms with Crippen LogP contribution in [0.5, 0.6) is 0 Å². The Balaban J connectivity index is 2.15. The zero-order valence-electron chi connectivity index (χ0n) is 10.9. The number of nitriles is 1. The lowest BCUT2D eigenvalue weighted by molar-refractivity contribution is 0.445. The molecular weight excluding hydrogens is 264 g/mol. The molecule has 2 heterocycles. The fraction of sp³-hybridized carbons (Fsp3) is 0.615. The molecule has 2 atom stereocenters. The van der Waals surface area contributed by atoms with Crippen LogP contribution in [0.25, 0.3) is 0 Å². The molecule has 0 saturated carbocycles. The third-order valence-electron chi connectivity index (χ3n) is 3.35. The average Bonchev–Trinajstić information content (AvgIpc) is 2.41. The summed E-state index contributed by atoms with van der Waals surface area (Å²) in [6.45, 7) is 4.26. The fourth-order valence-electron chi connectivity index (χ4n) is 2.35. The van der Waals surface area contributed by atoms with Gasteiger partial charge in [0, 0.05) is 19.2 Å². The third-order valence-corrected chi connectivity index (χ3v) is 3.59. The molecule has 0 spiro atoms. The maximum Gasteiger partial charge on any atom is 0.268 e. The number of halogens is 1. The summed E-state index contributed by atoms with van der Waals surface area (Å²) in [5.41, 5.74) is 0.646. The molecule has 0 aliphatic carbocycles. The molecule has 0 radical (unpaired) electrons. The van der Waals surface area contributed by atoms with Crippen molar-refractivity contribution in [3.8, 4) is 6.07 Å². The van der Waals surface area contributed by atoms with E-state index in [4.69, 9.17) is 16.9 Å². The highest BCUT2D eigenvalue weighted by Gasteiger charge is 2.17. The lowest BCUT2D eigenvalue weighted by atomic mass is 10.00. The summed E-state index contributed by atoms with van der Waals surface area (Å²) in [5, 5.41) is 12.0. The van der Waals surface area contributed by atoms with Crippen LogP contribution in [0.1, 0.15) is 19.8 Å². The van der Waals surface area contributed by atoms with Crippen molar-refractivity contribution in [3.63, 3.8) is 0 Å². The molecule has 1 aromatic rings. The van der Waals surface area contributed by atoms with Gasteiger partial charge in [-0.3, -0.25) is 4.79 Å². The van der Waals surface area contributed by atoms with Gasteiger partial charge in [0.2, 0.25) is 0 Å². The Bertz CT molecular complexity index is 536. The zero-order chi connectivity index (χ0) is 13.8. The number of alkyl halides is 1. The van der Waals surface area contributed by atoms with Gasteiger partial charge in [0.15, 0.2) is 0 Å². The molecule has 1 fully saturated rings. The van der Waals surface area contributed by atoms with E-state index in [9.17, 15) is 4.79 Å². The van der Waals surface area contributed by atoms with E-state index in [1.54, 1.807) is 12.3 Å². The maximum atomic E-state index is 11.9. The number of hydrogen-bond donors (Lipinski definition) is 0. The molecule has 0 N–H and O–H groups in total. The van der Waals surface area contributed by atoms with Crippen molar-refractivity contribution in [1.29, 1.82) is 5.26 Å². The van der Waals surface area contributed by atoms with Gasteiger partial charge in [-0.2, -0.15) is 10.4 Å². The van der Waals surface area contributed by atoms with Gasteiger partial charge >= 0.3 is 0 Å². The van der Waals surface area contributed by atoms with Crippen molar-refractivity contribution in [3.05, 3.63) is 22.6 Å². The molecule has 1 saturated heterocycles. The molecule has 0 aromatic carbocycles. The van der Waals surface area contributed by atoms with Crippen LogP contribution in [-0.2, 0) is 6.54 Å². The molecule has 2 rings (SSSR count). The number of rotatable bonds is 3. The minimum Gasteiger partial charge on any atom is -0.370 e. The molecule has 5 nitrogen and oxygen atoms in total. The van der Waals surface area contributed by atoms with Gasteiger partial charge in [0.25, 0.3) is 5.56 Å². The van der Waals surface area contributed by atoms with Gasteiger partial charge in [-0.1, -0.05) is 6.92 Å². The number of piperidine rings is 1. The average molecular weight is 281 g/mol. The molecule has 1 aliphatic rings. The molecule has 0 bridgehead atoms. The standard InChI is InChI=1S/C13H17ClN4O/c1-10-3-2-4-17(8-10)12-5-13(19)18(16-7-12)9-11(14)6-15/h5,7,10-11H,2-4,8-9H2,1H3. The Hall–Kier alpha value is -1.54. The SMILES string of the molecule is CC1CCCN(c2cnn(CC(Cl)C#N)c(=O)c2)C1. The minimum atomic E-state index is -0.731. The molecule has 19 heavy (non-hydrogen) atoms. The Morgan fingerprint density at radius 1 is 1.68 bits per heavy atom. The van der Waals surface area contributed by atoms with Crippen LogP contribution in [0, 0.1) is 17.2 Å². The molecule has 1 aliphatic heterocycles. The number of nitrogens with zero attached hydrogens (tertiary/aromatic N) is 4. The molecule has 2 unspecified atom stereocenters. The van der Waals surface area contributed by atoms with E-state index in [1.807, 2.05) is 6.07 Å². The quantitative estimate of drug-likeness (QED) is 0.789. The summed E-state index contributed by atoms with van der Waals surface area (Å²) in [6, 6.07) is 3.46. The van der Waals surface area contributed by atoms with Crippen LogP contribution in [0.4, 0.5) is 5.69 Å². The number of aromatic nitrogens is 2. The first-order valence-electron chi connectivity index (χ1n) is 6.46. The van der Waals surface area contributed by atoms with Crippen LogP contribution in [-0.4, -0.2) is 28.2 Å². The Morgan fingerprint density at radius 3 is 3.11 bits per heavy atom. The second kappa shape index (κ2) is 6.07. The Morgan fingerprint density at radius 2 is 2.47 bits per heavy atom. The first kappa shape index (κ1) is 13.9. The van der Waals surface area contributed by atoms with Gasteiger partial charge in [-0.25, -0.2) is 4.68 Å². The summed E-state index contributed by atoms with van der Waals surface area (Å²) in [6.07, 6.45) is 4.06. The van der Waals surface area contributed by atoms with Crippen LogP contribution < -0.4 is 10.5 Å². The molecule has 1 aromatic heterocycles. The second-order valence-electron chi connectivity index (χ2n) is 5.02. The molecule has 102 valence electrons. The van der Waals surface area contributed by atoms with Gasteiger partial charge in [0.1, 0.15) is 5.38 Å². The predicted molar refractivity (Wildman–Crippen MR) is 74.4 cm³/mol. The summed E-state index contributed by atoms with van der Waals surface area (Å²) in [4.78, 5) is 14.1. The highest BCUT2D eigenvalue weighted by Crippen LogP contribution is 2.20. The van der Waals surface area contributed by atoms with E-state index in [1.165, 1.54) is 11.1 Å². The van der Waals surface area contributed by atoms with Gasteiger partial charge < -0.3 is 4.90 Å². The second-order valence-corrected chi connectivity index (χ2v) is 5.55. The first-order valence-corrected chi connectivity index (χ1v) is 6.89. The van der Waals surface area contributed by atoms with E-state index in [0.29, 0.717) is 5.92 Å². The van der Waals surface area contributed by atoms with Gasteiger partial charge in [-0.15, -0.1) is 11.6 Å². The summed E-state index contributed by atoms with van der Waals surface area (Å²) in [5.74, 6) is 0.641. The smallest absolute Gasteiger partial charge is 0.268 e. The van der Waals surface area contributed by atoms with Crippen LogP contribution in [0.3, 0.4) is 0 Å². The van der Waals surface area contributed by atoms with Crippen molar-refractivity contribution in [2.75, 3.05) is 18.0 Å². The lowest BCUT2D eigenvalue weighted by Crippen LogP contribution is -2.36. The third kappa shape index (κ3) is 3.48. The molecular formula is C13H17ClN4O. The normalized spacial score (nSPS) is 20.9. The van der Waals surface area contributed by atoms with E-state index in [0.717, 1.165) is 25.2 Å². The van der Waals surface area contributed by atoms with E-state index < -0.39 is 5.38 Å². The lowest BCUT2D eigenvalue weighted by Gasteiger charge is -2.32. The fourth-order valence-corrected chi connectivity index (χ4v) is 2.48. The summed E-state index contributed by atoms with van der Waals surface area (Å²) < 4.78 is 1.23. The Kier molecular flexibility index (Phi) is 4.43. The van der Waals surface area contributed by atoms with Gasteiger partial charge in [-0.05, 0) is 18.8 Å². The summed E-state index contributed by atoms with van der Waals surface area (Å²) in [7, 11) is 0. The number of hydrogen-bond acceptors (Lipinski definition) is 4. The topological polar surface area (TPSA) is 61.9 Å². The van der Waals surface area contributed by atoms with Crippen molar-refractivity contribution in [2.24, 2.45) is 5.92 Å². The maximum absolute atomic E-state index is 11.9.